The van der Waals surface area contributed by atoms with Gasteiger partial charge in [0.2, 0.25) is 0 Å². The second-order valence-corrected chi connectivity index (χ2v) is 8.23. The van der Waals surface area contributed by atoms with Crippen LogP contribution in [0.1, 0.15) is 37.0 Å². The lowest BCUT2D eigenvalue weighted by Crippen LogP contribution is -2.06. The van der Waals surface area contributed by atoms with E-state index in [2.05, 4.69) is 19.6 Å². The minimum atomic E-state index is -0.358. The van der Waals surface area contributed by atoms with Crippen molar-refractivity contribution < 1.29 is 19.0 Å². The van der Waals surface area contributed by atoms with Crippen molar-refractivity contribution in [1.29, 1.82) is 0 Å². The van der Waals surface area contributed by atoms with Crippen molar-refractivity contribution in [3.8, 4) is 22.3 Å². The Bertz CT molecular complexity index is 1120. The van der Waals surface area contributed by atoms with Gasteiger partial charge in [-0.25, -0.2) is 9.18 Å². The number of hydrogen-bond acceptors (Lipinski definition) is 3. The van der Waals surface area contributed by atoms with E-state index in [1.54, 1.807) is 13.0 Å². The summed E-state index contributed by atoms with van der Waals surface area (Å²) in [5.74, 6) is -0.608. The fraction of sp³-hybridized carbons (Fsp3) is 0.276. The Hall–Kier alpha value is -3.24. The molecule has 0 bridgehead atoms. The Kier molecular flexibility index (Phi) is 8.56. The summed E-state index contributed by atoms with van der Waals surface area (Å²) in [5.41, 5.74) is 6.94. The van der Waals surface area contributed by atoms with E-state index in [1.807, 2.05) is 48.5 Å². The minimum Gasteiger partial charge on any atom is -0.462 e. The lowest BCUT2D eigenvalue weighted by molar-refractivity contribution is -0.139. The first-order chi connectivity index (χ1) is 15.9. The molecule has 3 aromatic rings. The molecular weight excluding hydrogens is 415 g/mol. The Morgan fingerprint density at radius 2 is 1.61 bits per heavy atom. The molecule has 0 aliphatic rings. The molecule has 0 aliphatic carbocycles. The fourth-order valence-electron chi connectivity index (χ4n) is 3.83. The van der Waals surface area contributed by atoms with Crippen molar-refractivity contribution in [3.63, 3.8) is 0 Å². The predicted molar refractivity (Wildman–Crippen MR) is 132 cm³/mol. The number of halogens is 1. The van der Waals surface area contributed by atoms with E-state index in [1.165, 1.54) is 0 Å². The standard InChI is InChI=1S/C29H31FO3/c1-4-23-18-22(15-16-31)9-13-26(23)27-14-12-25(19-28(27)30)24-10-7-21(8-11-24)6-5-17-33-29(32)20(2)3/h7-14,18-19,31H,2,4-6,15-17H2,1,3H3. The Morgan fingerprint density at radius 1 is 0.939 bits per heavy atom. The highest BCUT2D eigenvalue weighted by molar-refractivity contribution is 5.86. The van der Waals surface area contributed by atoms with Crippen molar-refractivity contribution in [2.75, 3.05) is 13.2 Å². The van der Waals surface area contributed by atoms with Gasteiger partial charge in [0.25, 0.3) is 0 Å². The van der Waals surface area contributed by atoms with Crippen LogP contribution in [0.4, 0.5) is 4.39 Å². The summed E-state index contributed by atoms with van der Waals surface area (Å²) in [7, 11) is 0. The summed E-state index contributed by atoms with van der Waals surface area (Å²) in [6.45, 7) is 7.72. The molecule has 0 radical (unpaired) electrons. The van der Waals surface area contributed by atoms with Crippen molar-refractivity contribution in [2.24, 2.45) is 0 Å². The maximum atomic E-state index is 15.1. The molecule has 0 saturated heterocycles. The molecule has 33 heavy (non-hydrogen) atoms. The molecule has 3 aromatic carbocycles. The van der Waals surface area contributed by atoms with Crippen LogP contribution in [-0.2, 0) is 28.8 Å². The second-order valence-electron chi connectivity index (χ2n) is 8.23. The zero-order valence-corrected chi connectivity index (χ0v) is 19.4. The van der Waals surface area contributed by atoms with Gasteiger partial charge in [-0.05, 0) is 72.1 Å². The summed E-state index contributed by atoms with van der Waals surface area (Å²) in [4.78, 5) is 11.4. The summed E-state index contributed by atoms with van der Waals surface area (Å²) in [6, 6.07) is 19.4. The molecule has 0 spiro atoms. The first-order valence-corrected chi connectivity index (χ1v) is 11.4. The summed E-state index contributed by atoms with van der Waals surface area (Å²) in [5, 5.41) is 9.18. The number of aliphatic hydroxyl groups excluding tert-OH is 1. The maximum Gasteiger partial charge on any atom is 0.333 e. The largest absolute Gasteiger partial charge is 0.462 e. The van der Waals surface area contributed by atoms with E-state index in [4.69, 9.17) is 4.74 Å². The number of hydrogen-bond donors (Lipinski definition) is 1. The third-order valence-corrected chi connectivity index (χ3v) is 5.69. The number of aryl methyl sites for hydroxylation is 2. The van der Waals surface area contributed by atoms with Gasteiger partial charge in [-0.3, -0.25) is 0 Å². The van der Waals surface area contributed by atoms with E-state index in [-0.39, 0.29) is 18.4 Å². The van der Waals surface area contributed by atoms with E-state index in [9.17, 15) is 9.90 Å². The zero-order chi connectivity index (χ0) is 23.8. The number of rotatable bonds is 10. The third-order valence-electron chi connectivity index (χ3n) is 5.69. The van der Waals surface area contributed by atoms with Crippen molar-refractivity contribution in [2.45, 2.75) is 39.5 Å². The first kappa shape index (κ1) is 24.4. The molecule has 0 heterocycles. The molecule has 3 rings (SSSR count). The van der Waals surface area contributed by atoms with Crippen LogP contribution in [0, 0.1) is 5.82 Å². The molecule has 1 N–H and O–H groups in total. The topological polar surface area (TPSA) is 46.5 Å². The van der Waals surface area contributed by atoms with Gasteiger partial charge in [-0.1, -0.05) is 68.1 Å². The summed E-state index contributed by atoms with van der Waals surface area (Å²) >= 11 is 0. The van der Waals surface area contributed by atoms with Crippen molar-refractivity contribution in [1.82, 2.24) is 0 Å². The molecule has 0 saturated carbocycles. The van der Waals surface area contributed by atoms with Gasteiger partial charge in [0, 0.05) is 17.7 Å². The molecule has 0 atom stereocenters. The monoisotopic (exact) mass is 446 g/mol. The molecular formula is C29H31FO3. The van der Waals surface area contributed by atoms with E-state index < -0.39 is 0 Å². The lowest BCUT2D eigenvalue weighted by atomic mass is 9.93. The van der Waals surface area contributed by atoms with Crippen LogP contribution in [0.25, 0.3) is 22.3 Å². The van der Waals surface area contributed by atoms with Crippen LogP contribution < -0.4 is 0 Å². The number of aliphatic hydroxyl groups is 1. The Balaban J connectivity index is 1.70. The molecule has 0 aliphatic heterocycles. The molecule has 4 heteroatoms. The maximum absolute atomic E-state index is 15.1. The number of carbonyl (C=O) groups is 1. The fourth-order valence-corrected chi connectivity index (χ4v) is 3.83. The van der Waals surface area contributed by atoms with Crippen LogP contribution in [0.15, 0.2) is 72.8 Å². The highest BCUT2D eigenvalue weighted by Crippen LogP contribution is 2.31. The van der Waals surface area contributed by atoms with Gasteiger partial charge in [-0.2, -0.15) is 0 Å². The van der Waals surface area contributed by atoms with Gasteiger partial charge in [-0.15, -0.1) is 0 Å². The smallest absolute Gasteiger partial charge is 0.333 e. The van der Waals surface area contributed by atoms with Crippen molar-refractivity contribution >= 4 is 5.97 Å². The highest BCUT2D eigenvalue weighted by atomic mass is 19.1. The quantitative estimate of drug-likeness (QED) is 0.226. The average Bonchev–Trinajstić information content (AvgIpc) is 2.82. The van der Waals surface area contributed by atoms with Crippen LogP contribution in [0.2, 0.25) is 0 Å². The molecule has 0 aromatic heterocycles. The average molecular weight is 447 g/mol. The van der Waals surface area contributed by atoms with Gasteiger partial charge >= 0.3 is 5.97 Å². The first-order valence-electron chi connectivity index (χ1n) is 11.4. The van der Waals surface area contributed by atoms with Crippen LogP contribution >= 0.6 is 0 Å². The molecule has 0 unspecified atom stereocenters. The van der Waals surface area contributed by atoms with E-state index in [0.29, 0.717) is 24.2 Å². The highest BCUT2D eigenvalue weighted by Gasteiger charge is 2.12. The number of benzene rings is 3. The summed E-state index contributed by atoms with van der Waals surface area (Å²) < 4.78 is 20.2. The van der Waals surface area contributed by atoms with Gasteiger partial charge in [0.1, 0.15) is 5.82 Å². The second kappa shape index (κ2) is 11.6. The molecule has 3 nitrogen and oxygen atoms in total. The zero-order valence-electron chi connectivity index (χ0n) is 19.4. The predicted octanol–water partition coefficient (Wildman–Crippen LogP) is 6.31. The van der Waals surface area contributed by atoms with E-state index in [0.717, 1.165) is 52.6 Å². The van der Waals surface area contributed by atoms with Crippen molar-refractivity contribution in [3.05, 3.63) is 95.3 Å². The lowest BCUT2D eigenvalue weighted by Gasteiger charge is -2.13. The van der Waals surface area contributed by atoms with Crippen LogP contribution in [0.3, 0.4) is 0 Å². The molecule has 172 valence electrons. The molecule has 0 fully saturated rings. The number of carbonyl (C=O) groups excluding carboxylic acids is 1. The van der Waals surface area contributed by atoms with Gasteiger partial charge < -0.3 is 9.84 Å². The SMILES string of the molecule is C=C(C)C(=O)OCCCc1ccc(-c2ccc(-c3ccc(CCO)cc3CC)c(F)c2)cc1. The Morgan fingerprint density at radius 3 is 2.24 bits per heavy atom. The third kappa shape index (κ3) is 6.39. The number of esters is 1. The number of ether oxygens (including phenoxy) is 1. The van der Waals surface area contributed by atoms with E-state index >= 15 is 4.39 Å². The Labute approximate surface area is 195 Å². The normalized spacial score (nSPS) is 10.8. The van der Waals surface area contributed by atoms with Crippen LogP contribution in [0.5, 0.6) is 0 Å². The van der Waals surface area contributed by atoms with Gasteiger partial charge in [0.05, 0.1) is 6.61 Å². The minimum absolute atomic E-state index is 0.104. The molecule has 0 amide bonds. The van der Waals surface area contributed by atoms with Crippen LogP contribution in [-0.4, -0.2) is 24.3 Å². The van der Waals surface area contributed by atoms with Gasteiger partial charge in [0.15, 0.2) is 0 Å². The summed E-state index contributed by atoms with van der Waals surface area (Å²) in [6.07, 6.45) is 2.93.